The molecule has 0 spiro atoms. The second-order valence-corrected chi connectivity index (χ2v) is 4.53. The Morgan fingerprint density at radius 2 is 2.15 bits per heavy atom. The highest BCUT2D eigenvalue weighted by Crippen LogP contribution is 2.15. The van der Waals surface area contributed by atoms with Crippen LogP contribution in [0.1, 0.15) is 16.1 Å². The van der Waals surface area contributed by atoms with Crippen molar-refractivity contribution in [3.8, 4) is 0 Å². The second kappa shape index (κ2) is 5.22. The molecule has 0 saturated heterocycles. The summed E-state index contributed by atoms with van der Waals surface area (Å²) < 4.78 is 1.81. The van der Waals surface area contributed by atoms with Gasteiger partial charge >= 0.3 is 0 Å². The van der Waals surface area contributed by atoms with Gasteiger partial charge in [0.05, 0.1) is 11.8 Å². The largest absolute Gasteiger partial charge is 0.335 e. The zero-order valence-corrected chi connectivity index (χ0v) is 10.9. The van der Waals surface area contributed by atoms with Crippen LogP contribution >= 0.6 is 0 Å². The molecule has 0 atom stereocenters. The van der Waals surface area contributed by atoms with Crippen LogP contribution in [0.4, 0.5) is 0 Å². The number of hydrogen-bond donors (Lipinski definition) is 1. The topological polar surface area (TPSA) is 73.8 Å². The summed E-state index contributed by atoms with van der Waals surface area (Å²) in [6.45, 7) is 1.17. The molecule has 0 radical (unpaired) electrons. The summed E-state index contributed by atoms with van der Waals surface area (Å²) in [6, 6.07) is 9.32. The van der Waals surface area contributed by atoms with Crippen LogP contribution in [0.3, 0.4) is 0 Å². The normalized spacial score (nSPS) is 10.8. The lowest BCUT2D eigenvalue weighted by Gasteiger charge is -2.00. The van der Waals surface area contributed by atoms with Crippen molar-refractivity contribution in [3.63, 3.8) is 0 Å². The molecule has 2 N–H and O–H groups in total. The van der Waals surface area contributed by atoms with Crippen LogP contribution < -0.4 is 5.73 Å². The molecule has 5 nitrogen and oxygen atoms in total. The Bertz CT molecular complexity index is 763. The number of pyridine rings is 1. The molecule has 0 aliphatic carbocycles. The van der Waals surface area contributed by atoms with Gasteiger partial charge in [-0.05, 0) is 12.1 Å². The van der Waals surface area contributed by atoms with Gasteiger partial charge in [0, 0.05) is 36.4 Å². The van der Waals surface area contributed by atoms with E-state index < -0.39 is 0 Å². The number of ketones is 1. The Morgan fingerprint density at radius 3 is 3.00 bits per heavy atom. The first-order chi connectivity index (χ1) is 9.78. The monoisotopic (exact) mass is 266 g/mol. The number of fused-ring (bicyclic) bond motifs is 1. The number of hydrogen-bond acceptors (Lipinski definition) is 4. The number of nitrogens with two attached hydrogens (primary N) is 1. The van der Waals surface area contributed by atoms with Crippen molar-refractivity contribution >= 4 is 16.7 Å². The highest BCUT2D eigenvalue weighted by atomic mass is 16.1. The number of nitrogens with zero attached hydrogens (tertiary/aromatic N) is 3. The highest BCUT2D eigenvalue weighted by molar-refractivity contribution is 6.09. The van der Waals surface area contributed by atoms with Gasteiger partial charge in [-0.3, -0.25) is 9.78 Å². The molecule has 1 aromatic carbocycles. The smallest absolute Gasteiger partial charge is 0.212 e. The summed E-state index contributed by atoms with van der Waals surface area (Å²) in [4.78, 5) is 20.8. The van der Waals surface area contributed by atoms with Gasteiger partial charge in [-0.1, -0.05) is 18.2 Å². The van der Waals surface area contributed by atoms with E-state index in [-0.39, 0.29) is 5.78 Å². The standard InChI is InChI=1S/C15H14N4O/c16-5-7-19-9-14(18-10-19)15(20)12-4-3-11-2-1-6-17-13(11)8-12/h1-4,6,8-10H,5,7,16H2. The van der Waals surface area contributed by atoms with Crippen LogP contribution in [0.25, 0.3) is 10.9 Å². The fourth-order valence-electron chi connectivity index (χ4n) is 2.10. The molecule has 3 rings (SSSR count). The molecule has 5 heteroatoms. The van der Waals surface area contributed by atoms with Crippen LogP contribution in [0.15, 0.2) is 49.1 Å². The number of aromatic nitrogens is 3. The molecule has 0 unspecified atom stereocenters. The molecule has 100 valence electrons. The van der Waals surface area contributed by atoms with E-state index >= 15 is 0 Å². The highest BCUT2D eigenvalue weighted by Gasteiger charge is 2.12. The third-order valence-corrected chi connectivity index (χ3v) is 3.12. The fourth-order valence-corrected chi connectivity index (χ4v) is 2.10. The van der Waals surface area contributed by atoms with E-state index in [1.54, 1.807) is 30.9 Å². The van der Waals surface area contributed by atoms with Crippen molar-refractivity contribution in [2.75, 3.05) is 6.54 Å². The van der Waals surface area contributed by atoms with Crippen molar-refractivity contribution in [1.29, 1.82) is 0 Å². The first-order valence-corrected chi connectivity index (χ1v) is 6.39. The van der Waals surface area contributed by atoms with Crippen molar-refractivity contribution in [1.82, 2.24) is 14.5 Å². The molecule has 0 bridgehead atoms. The third kappa shape index (κ3) is 2.31. The molecule has 20 heavy (non-hydrogen) atoms. The van der Waals surface area contributed by atoms with Crippen LogP contribution in [-0.4, -0.2) is 26.9 Å². The second-order valence-electron chi connectivity index (χ2n) is 4.53. The number of imidazole rings is 1. The molecule has 0 saturated carbocycles. The lowest BCUT2D eigenvalue weighted by Crippen LogP contribution is -2.08. The van der Waals surface area contributed by atoms with Gasteiger partial charge in [0.2, 0.25) is 5.78 Å². The summed E-state index contributed by atoms with van der Waals surface area (Å²) in [5.41, 5.74) is 7.30. The number of carbonyl (C=O) groups excluding carboxylic acids is 1. The van der Waals surface area contributed by atoms with Gasteiger partial charge in [0.1, 0.15) is 5.69 Å². The van der Waals surface area contributed by atoms with Crippen molar-refractivity contribution in [2.24, 2.45) is 5.73 Å². The zero-order valence-electron chi connectivity index (χ0n) is 10.9. The predicted octanol–water partition coefficient (Wildman–Crippen LogP) is 1.62. The van der Waals surface area contributed by atoms with Crippen molar-refractivity contribution in [2.45, 2.75) is 6.54 Å². The summed E-state index contributed by atoms with van der Waals surface area (Å²) >= 11 is 0. The Balaban J connectivity index is 1.94. The lowest BCUT2D eigenvalue weighted by atomic mass is 10.1. The first kappa shape index (κ1) is 12.5. The van der Waals surface area contributed by atoms with Gasteiger partial charge in [-0.25, -0.2) is 4.98 Å². The fraction of sp³-hybridized carbons (Fsp3) is 0.133. The maximum atomic E-state index is 12.4. The van der Waals surface area contributed by atoms with Crippen LogP contribution in [0, 0.1) is 0 Å². The Labute approximate surface area is 116 Å². The lowest BCUT2D eigenvalue weighted by molar-refractivity contribution is 0.103. The molecule has 2 aromatic heterocycles. The van der Waals surface area contributed by atoms with E-state index in [0.29, 0.717) is 24.3 Å². The molecule has 0 aliphatic rings. The van der Waals surface area contributed by atoms with E-state index in [2.05, 4.69) is 9.97 Å². The predicted molar refractivity (Wildman–Crippen MR) is 76.5 cm³/mol. The summed E-state index contributed by atoms with van der Waals surface area (Å²) in [5.74, 6) is -0.103. The number of rotatable bonds is 4. The van der Waals surface area contributed by atoms with Gasteiger partial charge < -0.3 is 10.3 Å². The average molecular weight is 266 g/mol. The first-order valence-electron chi connectivity index (χ1n) is 6.39. The van der Waals surface area contributed by atoms with Gasteiger partial charge in [-0.15, -0.1) is 0 Å². The average Bonchev–Trinajstić information content (AvgIpc) is 2.95. The van der Waals surface area contributed by atoms with Crippen molar-refractivity contribution < 1.29 is 4.79 Å². The minimum Gasteiger partial charge on any atom is -0.335 e. The summed E-state index contributed by atoms with van der Waals surface area (Å²) in [5, 5.41) is 1.01. The Morgan fingerprint density at radius 1 is 1.25 bits per heavy atom. The minimum absolute atomic E-state index is 0.103. The van der Waals surface area contributed by atoms with Gasteiger partial charge in [-0.2, -0.15) is 0 Å². The molecular weight excluding hydrogens is 252 g/mol. The Kier molecular flexibility index (Phi) is 3.26. The van der Waals surface area contributed by atoms with E-state index in [9.17, 15) is 4.79 Å². The third-order valence-electron chi connectivity index (χ3n) is 3.12. The molecule has 0 fully saturated rings. The van der Waals surface area contributed by atoms with E-state index in [1.807, 2.05) is 22.8 Å². The van der Waals surface area contributed by atoms with Crippen LogP contribution in [0.5, 0.6) is 0 Å². The quantitative estimate of drug-likeness (QED) is 0.728. The Hall–Kier alpha value is -2.53. The minimum atomic E-state index is -0.103. The van der Waals surface area contributed by atoms with Crippen molar-refractivity contribution in [3.05, 3.63) is 60.3 Å². The van der Waals surface area contributed by atoms with E-state index in [1.165, 1.54) is 0 Å². The molecular formula is C15H14N4O. The maximum Gasteiger partial charge on any atom is 0.212 e. The molecule has 0 aliphatic heterocycles. The number of carbonyl (C=O) groups is 1. The summed E-state index contributed by atoms with van der Waals surface area (Å²) in [6.07, 6.45) is 5.06. The molecule has 2 heterocycles. The zero-order chi connectivity index (χ0) is 13.9. The van der Waals surface area contributed by atoms with E-state index in [0.717, 1.165) is 10.9 Å². The molecule has 0 amide bonds. The number of benzene rings is 1. The summed E-state index contributed by atoms with van der Waals surface area (Å²) in [7, 11) is 0. The SMILES string of the molecule is NCCn1cnc(C(=O)c2ccc3cccnc3c2)c1. The van der Waals surface area contributed by atoms with Gasteiger partial charge in [0.25, 0.3) is 0 Å². The van der Waals surface area contributed by atoms with Crippen LogP contribution in [-0.2, 0) is 6.54 Å². The van der Waals surface area contributed by atoms with Gasteiger partial charge in [0.15, 0.2) is 0 Å². The van der Waals surface area contributed by atoms with E-state index in [4.69, 9.17) is 5.73 Å². The molecule has 3 aromatic rings. The maximum absolute atomic E-state index is 12.4. The van der Waals surface area contributed by atoms with Crippen LogP contribution in [0.2, 0.25) is 0 Å².